The number of rotatable bonds is 5. The molecule has 2 aromatic rings. The molecule has 0 radical (unpaired) electrons. The zero-order chi connectivity index (χ0) is 17.9. The van der Waals surface area contributed by atoms with Crippen molar-refractivity contribution >= 4 is 17.3 Å². The lowest BCUT2D eigenvalue weighted by molar-refractivity contribution is -0.126. The van der Waals surface area contributed by atoms with Crippen molar-refractivity contribution in [3.05, 3.63) is 59.7 Å². The highest BCUT2D eigenvalue weighted by Crippen LogP contribution is 2.29. The van der Waals surface area contributed by atoms with Crippen LogP contribution in [-0.2, 0) is 22.5 Å². The van der Waals surface area contributed by atoms with Crippen molar-refractivity contribution in [2.24, 2.45) is 5.73 Å². The van der Waals surface area contributed by atoms with Gasteiger partial charge in [-0.3, -0.25) is 4.79 Å². The SMILES string of the molecule is NC[C@H]1CC[C@@H](C(=O)Nc2ccc(CN3CCc4ccccc43)cc2)O1. The molecule has 2 aliphatic heterocycles. The Morgan fingerprint density at radius 3 is 2.73 bits per heavy atom. The molecule has 0 unspecified atom stereocenters. The molecule has 136 valence electrons. The molecule has 1 amide bonds. The molecule has 2 aliphatic rings. The van der Waals surface area contributed by atoms with Crippen LogP contribution in [0.4, 0.5) is 11.4 Å². The van der Waals surface area contributed by atoms with E-state index in [1.807, 2.05) is 12.1 Å². The Hall–Kier alpha value is -2.37. The van der Waals surface area contributed by atoms with Crippen LogP contribution in [0.2, 0.25) is 0 Å². The highest BCUT2D eigenvalue weighted by molar-refractivity contribution is 5.94. The summed E-state index contributed by atoms with van der Waals surface area (Å²) >= 11 is 0. The van der Waals surface area contributed by atoms with E-state index >= 15 is 0 Å². The minimum Gasteiger partial charge on any atom is -0.367 e. The fourth-order valence-corrected chi connectivity index (χ4v) is 3.78. The van der Waals surface area contributed by atoms with Crippen molar-refractivity contribution in [2.45, 2.75) is 38.0 Å². The minimum atomic E-state index is -0.385. The fraction of sp³-hybridized carbons (Fsp3) is 0.381. The van der Waals surface area contributed by atoms with Crippen LogP contribution < -0.4 is 16.0 Å². The summed E-state index contributed by atoms with van der Waals surface area (Å²) in [7, 11) is 0. The van der Waals surface area contributed by atoms with Crippen molar-refractivity contribution in [3.8, 4) is 0 Å². The number of carbonyl (C=O) groups excluding carboxylic acids is 1. The molecule has 26 heavy (non-hydrogen) atoms. The summed E-state index contributed by atoms with van der Waals surface area (Å²) in [5.41, 5.74) is 10.4. The van der Waals surface area contributed by atoms with E-state index in [4.69, 9.17) is 10.5 Å². The molecule has 0 aliphatic carbocycles. The first-order valence-electron chi connectivity index (χ1n) is 9.31. The van der Waals surface area contributed by atoms with Crippen molar-refractivity contribution in [3.63, 3.8) is 0 Å². The lowest BCUT2D eigenvalue weighted by Crippen LogP contribution is -2.29. The Morgan fingerprint density at radius 1 is 1.15 bits per heavy atom. The van der Waals surface area contributed by atoms with E-state index in [2.05, 4.69) is 46.6 Å². The number of nitrogens with one attached hydrogen (secondary N) is 1. The van der Waals surface area contributed by atoms with Crippen LogP contribution in [0.3, 0.4) is 0 Å². The average Bonchev–Trinajstić information content (AvgIpc) is 3.31. The Labute approximate surface area is 154 Å². The molecule has 5 heteroatoms. The van der Waals surface area contributed by atoms with E-state index in [-0.39, 0.29) is 18.1 Å². The first-order valence-corrected chi connectivity index (χ1v) is 9.31. The lowest BCUT2D eigenvalue weighted by Gasteiger charge is -2.19. The van der Waals surface area contributed by atoms with Crippen LogP contribution in [0.25, 0.3) is 0 Å². The zero-order valence-corrected chi connectivity index (χ0v) is 14.9. The molecular formula is C21H25N3O2. The summed E-state index contributed by atoms with van der Waals surface area (Å²) in [6, 6.07) is 16.7. The molecule has 4 rings (SSSR count). The van der Waals surface area contributed by atoms with Gasteiger partial charge in [0.2, 0.25) is 0 Å². The topological polar surface area (TPSA) is 67.6 Å². The third-order valence-corrected chi connectivity index (χ3v) is 5.24. The van der Waals surface area contributed by atoms with E-state index in [1.165, 1.54) is 16.8 Å². The van der Waals surface area contributed by atoms with Gasteiger partial charge in [0.05, 0.1) is 6.10 Å². The average molecular weight is 351 g/mol. The minimum absolute atomic E-state index is 0.0106. The molecule has 0 saturated carbocycles. The molecule has 3 N–H and O–H groups in total. The van der Waals surface area contributed by atoms with Gasteiger partial charge in [-0.1, -0.05) is 30.3 Å². The smallest absolute Gasteiger partial charge is 0.253 e. The molecule has 2 heterocycles. The van der Waals surface area contributed by atoms with Crippen LogP contribution in [-0.4, -0.2) is 31.2 Å². The molecule has 2 atom stereocenters. The fourth-order valence-electron chi connectivity index (χ4n) is 3.78. The normalized spacial score (nSPS) is 21.7. The Kier molecular flexibility index (Phi) is 4.91. The van der Waals surface area contributed by atoms with Gasteiger partial charge in [-0.2, -0.15) is 0 Å². The monoisotopic (exact) mass is 351 g/mol. The predicted octanol–water partition coefficient (Wildman–Crippen LogP) is 2.69. The summed E-state index contributed by atoms with van der Waals surface area (Å²) in [5.74, 6) is -0.0813. The van der Waals surface area contributed by atoms with Gasteiger partial charge in [-0.05, 0) is 48.6 Å². The molecule has 1 fully saturated rings. The quantitative estimate of drug-likeness (QED) is 0.869. The van der Waals surface area contributed by atoms with Gasteiger partial charge in [-0.15, -0.1) is 0 Å². The highest BCUT2D eigenvalue weighted by Gasteiger charge is 2.29. The number of amides is 1. The Balaban J connectivity index is 1.35. The number of hydrogen-bond acceptors (Lipinski definition) is 4. The third-order valence-electron chi connectivity index (χ3n) is 5.24. The second-order valence-corrected chi connectivity index (χ2v) is 7.05. The summed E-state index contributed by atoms with van der Waals surface area (Å²) < 4.78 is 5.65. The molecule has 0 bridgehead atoms. The van der Waals surface area contributed by atoms with Gasteiger partial charge in [0.15, 0.2) is 0 Å². The molecule has 0 aromatic heterocycles. The second kappa shape index (κ2) is 7.48. The van der Waals surface area contributed by atoms with Crippen LogP contribution in [0.1, 0.15) is 24.0 Å². The maximum atomic E-state index is 12.3. The van der Waals surface area contributed by atoms with Gasteiger partial charge >= 0.3 is 0 Å². The summed E-state index contributed by atoms with van der Waals surface area (Å²) in [4.78, 5) is 14.7. The summed E-state index contributed by atoms with van der Waals surface area (Å²) in [6.45, 7) is 2.41. The van der Waals surface area contributed by atoms with E-state index in [9.17, 15) is 4.79 Å². The Morgan fingerprint density at radius 2 is 1.96 bits per heavy atom. The van der Waals surface area contributed by atoms with Gasteiger partial charge in [-0.25, -0.2) is 0 Å². The first kappa shape index (κ1) is 17.1. The molecule has 5 nitrogen and oxygen atoms in total. The predicted molar refractivity (Wildman–Crippen MR) is 103 cm³/mol. The zero-order valence-electron chi connectivity index (χ0n) is 14.9. The van der Waals surface area contributed by atoms with Gasteiger partial charge in [0.1, 0.15) is 6.10 Å². The highest BCUT2D eigenvalue weighted by atomic mass is 16.5. The van der Waals surface area contributed by atoms with Crippen LogP contribution in [0.5, 0.6) is 0 Å². The third kappa shape index (κ3) is 3.59. The number of para-hydroxylation sites is 1. The van der Waals surface area contributed by atoms with Crippen LogP contribution in [0, 0.1) is 0 Å². The number of nitrogens with two attached hydrogens (primary N) is 1. The molecular weight excluding hydrogens is 326 g/mol. The number of carbonyl (C=O) groups is 1. The number of nitrogens with zero attached hydrogens (tertiary/aromatic N) is 1. The van der Waals surface area contributed by atoms with Gasteiger partial charge in [0, 0.05) is 31.0 Å². The van der Waals surface area contributed by atoms with Gasteiger partial charge in [0.25, 0.3) is 5.91 Å². The maximum Gasteiger partial charge on any atom is 0.253 e. The number of hydrogen-bond donors (Lipinski definition) is 2. The van der Waals surface area contributed by atoms with E-state index in [0.717, 1.165) is 38.0 Å². The largest absolute Gasteiger partial charge is 0.367 e. The van der Waals surface area contributed by atoms with Crippen molar-refractivity contribution in [1.82, 2.24) is 0 Å². The van der Waals surface area contributed by atoms with Crippen molar-refractivity contribution in [2.75, 3.05) is 23.3 Å². The molecule has 1 saturated heterocycles. The number of benzene rings is 2. The van der Waals surface area contributed by atoms with E-state index in [0.29, 0.717) is 6.54 Å². The van der Waals surface area contributed by atoms with Crippen molar-refractivity contribution < 1.29 is 9.53 Å². The lowest BCUT2D eigenvalue weighted by atomic mass is 10.1. The van der Waals surface area contributed by atoms with Crippen LogP contribution in [0.15, 0.2) is 48.5 Å². The first-order chi connectivity index (χ1) is 12.7. The number of anilines is 2. The van der Waals surface area contributed by atoms with E-state index < -0.39 is 0 Å². The van der Waals surface area contributed by atoms with E-state index in [1.54, 1.807) is 0 Å². The van der Waals surface area contributed by atoms with Crippen molar-refractivity contribution in [1.29, 1.82) is 0 Å². The maximum absolute atomic E-state index is 12.3. The molecule has 0 spiro atoms. The van der Waals surface area contributed by atoms with Crippen LogP contribution >= 0.6 is 0 Å². The second-order valence-electron chi connectivity index (χ2n) is 7.05. The summed E-state index contributed by atoms with van der Waals surface area (Å²) in [6.07, 6.45) is 2.32. The number of fused-ring (bicyclic) bond motifs is 1. The standard InChI is InChI=1S/C21H25N3O2/c22-13-18-9-10-20(26-18)21(25)23-17-7-5-15(6-8-17)14-24-12-11-16-3-1-2-4-19(16)24/h1-8,18,20H,9-14,22H2,(H,23,25)/t18-,20+/m1/s1. The van der Waals surface area contributed by atoms with Gasteiger partial charge < -0.3 is 20.7 Å². The molecule has 2 aromatic carbocycles. The number of ether oxygens (including phenoxy) is 1. The summed E-state index contributed by atoms with van der Waals surface area (Å²) in [5, 5.41) is 2.95. The Bertz CT molecular complexity index is 775.